The molecule has 2 heterocycles. The molecule has 0 spiro atoms. The number of non-ortho nitro benzene ring substituents is 2. The molecule has 0 unspecified atom stereocenters. The number of hydrogen-bond acceptors (Lipinski definition) is 13. The maximum Gasteiger partial charge on any atom is 0.330 e. The van der Waals surface area contributed by atoms with Gasteiger partial charge >= 0.3 is 15.2 Å². The molecule has 4 aromatic carbocycles. The van der Waals surface area contributed by atoms with Crippen molar-refractivity contribution in [1.82, 2.24) is 9.13 Å². The van der Waals surface area contributed by atoms with Crippen LogP contribution in [0.5, 0.6) is 0 Å². The molecule has 0 saturated heterocycles. The molecule has 0 bridgehead atoms. The van der Waals surface area contributed by atoms with Crippen molar-refractivity contribution >= 4 is 81.7 Å². The Kier molecular flexibility index (Phi) is 19.4. The average molecular weight is 964 g/mol. The zero-order valence-corrected chi connectivity index (χ0v) is 41.1. The number of aromatic nitrogens is 2. The number of carbonyl (C=O) groups excluding carboxylic acids is 1. The van der Waals surface area contributed by atoms with E-state index in [1.807, 2.05) is 58.0 Å². The molecular weight excluding hydrogens is 900 g/mol. The van der Waals surface area contributed by atoms with Crippen molar-refractivity contribution in [2.45, 2.75) is 106 Å². The Morgan fingerprint density at radius 1 is 0.552 bits per heavy atom. The average Bonchev–Trinajstić information content (AvgIpc) is 3.79. The summed E-state index contributed by atoms with van der Waals surface area (Å²) in [6.07, 6.45) is 7.87. The summed E-state index contributed by atoms with van der Waals surface area (Å²) < 4.78 is 50.8. The fourth-order valence-electron chi connectivity index (χ4n) is 8.37. The van der Waals surface area contributed by atoms with Crippen LogP contribution in [0.25, 0.3) is 43.6 Å². The molecule has 2 aromatic heterocycles. The molecule has 0 radical (unpaired) electrons. The molecule has 0 amide bonds. The molecule has 0 aliphatic heterocycles. The number of unbranched alkanes of at least 4 members (excludes halogenated alkanes) is 6. The number of hydrogen-bond donors (Lipinski definition) is 1. The highest BCUT2D eigenvalue weighted by Gasteiger charge is 2.24. The van der Waals surface area contributed by atoms with E-state index in [1.54, 1.807) is 37.3 Å². The molecule has 0 fully saturated rings. The van der Waals surface area contributed by atoms with E-state index in [2.05, 4.69) is 14.3 Å². The molecule has 362 valence electrons. The maximum atomic E-state index is 12.6. The van der Waals surface area contributed by atoms with Crippen molar-refractivity contribution in [1.29, 1.82) is 0 Å². The van der Waals surface area contributed by atoms with E-state index in [-0.39, 0.29) is 17.2 Å². The van der Waals surface area contributed by atoms with Gasteiger partial charge in [-0.2, -0.15) is 0 Å². The number of aryl methyl sites for hydroxylation is 2. The van der Waals surface area contributed by atoms with Crippen molar-refractivity contribution in [3.63, 3.8) is 0 Å². The summed E-state index contributed by atoms with van der Waals surface area (Å²) in [6.45, 7) is 13.4. The predicted molar refractivity (Wildman–Crippen MR) is 265 cm³/mol. The van der Waals surface area contributed by atoms with Crippen molar-refractivity contribution in [2.24, 2.45) is 5.16 Å². The molecule has 0 saturated carbocycles. The summed E-state index contributed by atoms with van der Waals surface area (Å²) in [5.41, 5.74) is 5.65. The third kappa shape index (κ3) is 13.5. The van der Waals surface area contributed by atoms with Crippen LogP contribution >= 0.6 is 15.2 Å². The highest BCUT2D eigenvalue weighted by atomic mass is 31.2. The van der Waals surface area contributed by atoms with Crippen LogP contribution in [0.3, 0.4) is 0 Å². The molecule has 6 rings (SSSR count). The third-order valence-corrected chi connectivity index (χ3v) is 15.9. The van der Waals surface area contributed by atoms with Crippen LogP contribution in [0.15, 0.2) is 78.0 Å². The highest BCUT2D eigenvalue weighted by molar-refractivity contribution is 7.54. The molecule has 6 aromatic rings. The first-order valence-corrected chi connectivity index (χ1v) is 26.5. The van der Waals surface area contributed by atoms with Crippen LogP contribution < -0.4 is 0 Å². The minimum absolute atomic E-state index is 0.0304. The quantitative estimate of drug-likeness (QED) is 0.0102. The topological polar surface area (TPSA) is 217 Å². The number of nitro groups is 2. The Morgan fingerprint density at radius 2 is 0.896 bits per heavy atom. The summed E-state index contributed by atoms with van der Waals surface area (Å²) in [6, 6.07) is 21.1. The largest absolute Gasteiger partial charge is 0.411 e. The zero-order valence-electron chi connectivity index (χ0n) is 39.3. The van der Waals surface area contributed by atoms with Gasteiger partial charge in [-0.1, -0.05) is 36.9 Å². The van der Waals surface area contributed by atoms with Gasteiger partial charge in [-0.25, -0.2) is 0 Å². The second-order valence-electron chi connectivity index (χ2n) is 16.1. The normalized spacial score (nSPS) is 12.3. The van der Waals surface area contributed by atoms with Gasteiger partial charge in [0, 0.05) is 86.5 Å². The second kappa shape index (κ2) is 24.7. The van der Waals surface area contributed by atoms with E-state index in [0.29, 0.717) is 50.0 Å². The Hall–Kier alpha value is -5.28. The van der Waals surface area contributed by atoms with Crippen molar-refractivity contribution in [3.8, 4) is 0 Å². The summed E-state index contributed by atoms with van der Waals surface area (Å²) in [5, 5.41) is 38.4. The Bertz CT molecular complexity index is 2730. The molecule has 67 heavy (non-hydrogen) atoms. The smallest absolute Gasteiger partial charge is 0.330 e. The lowest BCUT2D eigenvalue weighted by Gasteiger charge is -2.16. The summed E-state index contributed by atoms with van der Waals surface area (Å²) in [4.78, 5) is 33.7. The summed E-state index contributed by atoms with van der Waals surface area (Å²) in [7, 11) is -5.99. The van der Waals surface area contributed by atoms with E-state index < -0.39 is 25.0 Å². The number of ketones is 1. The maximum absolute atomic E-state index is 12.6. The number of fused-ring (bicyclic) bond motifs is 6. The molecule has 19 heteroatoms. The number of rotatable bonds is 26. The van der Waals surface area contributed by atoms with Gasteiger partial charge in [0.15, 0.2) is 5.78 Å². The van der Waals surface area contributed by atoms with Crippen LogP contribution in [0, 0.1) is 20.2 Å². The van der Waals surface area contributed by atoms with Crippen LogP contribution in [0.4, 0.5) is 11.4 Å². The van der Waals surface area contributed by atoms with Gasteiger partial charge in [-0.05, 0) is 115 Å². The number of nitro benzene ring substituents is 2. The fraction of sp³-hybridized carbons (Fsp3) is 0.458. The molecular formula is C48H63N5O12P2. The van der Waals surface area contributed by atoms with Crippen LogP contribution in [0.2, 0.25) is 0 Å². The minimum Gasteiger partial charge on any atom is -0.411 e. The van der Waals surface area contributed by atoms with E-state index in [1.165, 1.54) is 19.1 Å². The van der Waals surface area contributed by atoms with E-state index in [9.17, 15) is 34.2 Å². The number of Topliss-reactive ketones (excluding diaryl/α,β-unsaturated/α-hetero) is 1. The van der Waals surface area contributed by atoms with Crippen LogP contribution in [0.1, 0.15) is 109 Å². The lowest BCUT2D eigenvalue weighted by molar-refractivity contribution is -0.384. The van der Waals surface area contributed by atoms with Gasteiger partial charge in [-0.15, -0.1) is 0 Å². The van der Waals surface area contributed by atoms with Gasteiger partial charge < -0.3 is 32.4 Å². The van der Waals surface area contributed by atoms with Gasteiger partial charge in [0.2, 0.25) is 0 Å². The Balaban J connectivity index is 0.000000251. The Morgan fingerprint density at radius 3 is 1.25 bits per heavy atom. The molecule has 0 aliphatic rings. The van der Waals surface area contributed by atoms with Crippen LogP contribution in [-0.4, -0.2) is 74.4 Å². The molecule has 1 N–H and O–H groups in total. The van der Waals surface area contributed by atoms with Crippen LogP contribution in [-0.2, 0) is 40.3 Å². The van der Waals surface area contributed by atoms with Crippen molar-refractivity contribution in [3.05, 3.63) is 104 Å². The van der Waals surface area contributed by atoms with Crippen molar-refractivity contribution in [2.75, 3.05) is 38.8 Å². The van der Waals surface area contributed by atoms with Gasteiger partial charge in [0.1, 0.15) is 0 Å². The zero-order chi connectivity index (χ0) is 48.7. The van der Waals surface area contributed by atoms with Crippen molar-refractivity contribution < 1.29 is 47.1 Å². The molecule has 17 nitrogen and oxygen atoms in total. The molecule has 0 aliphatic carbocycles. The standard InChI is InChI=1S/C24H32N3O6P.C24H31N2O6P/c1-4-32-34(31,33-5-2)15-9-7-6-8-14-26-23-12-10-19(18(3)25-28)16-21(23)22-17-20(27(29)30)11-13-24(22)26;1-4-31-33(30,32-5-2)15-9-7-6-8-14-25-23-12-10-19(18(3)27)16-21(23)22-17-20(26(28)29)11-13-24(22)25/h10-13,16-17,28H,4-9,14-15H2,1-3H3;10-13,16-17H,4-9,14-15H2,1-3H3/b25-18+;. The molecule has 0 atom stereocenters. The Labute approximate surface area is 390 Å². The van der Waals surface area contributed by atoms with Gasteiger partial charge in [0.25, 0.3) is 11.4 Å². The monoisotopic (exact) mass is 963 g/mol. The third-order valence-electron chi connectivity index (χ3n) is 11.5. The SMILES string of the molecule is CCOP(=O)(CCCCCCn1c2ccc(/C(C)=N/O)cc2c2cc([N+](=O)[O-])ccc21)OCC.CCOP(=O)(CCCCCCn1c2ccc(C(C)=O)cc2c2cc([N+](=O)[O-])ccc21)OCC. The van der Waals surface area contributed by atoms with E-state index >= 15 is 0 Å². The summed E-state index contributed by atoms with van der Waals surface area (Å²) in [5.74, 6) is -0.0420. The number of oxime groups is 1. The number of carbonyl (C=O) groups is 1. The summed E-state index contributed by atoms with van der Waals surface area (Å²) >= 11 is 0. The second-order valence-corrected chi connectivity index (χ2v) is 20.5. The lowest BCUT2D eigenvalue weighted by atomic mass is 10.1. The highest BCUT2D eigenvalue weighted by Crippen LogP contribution is 2.49. The first kappa shape index (κ1) is 52.7. The van der Waals surface area contributed by atoms with E-state index in [4.69, 9.17) is 23.3 Å². The van der Waals surface area contributed by atoms with E-state index in [0.717, 1.165) is 114 Å². The lowest BCUT2D eigenvalue weighted by Crippen LogP contribution is -2.01. The van der Waals surface area contributed by atoms with Gasteiger partial charge in [-0.3, -0.25) is 34.2 Å². The first-order valence-electron chi connectivity index (χ1n) is 23.0. The fourth-order valence-corrected chi connectivity index (χ4v) is 11.8. The minimum atomic E-state index is -3.00. The van der Waals surface area contributed by atoms with Gasteiger partial charge in [0.05, 0.1) is 54.3 Å². The number of nitrogens with zero attached hydrogens (tertiary/aromatic N) is 5. The number of benzene rings is 4. The predicted octanol–water partition coefficient (Wildman–Crippen LogP) is 13.5. The first-order chi connectivity index (χ1) is 32.1.